The van der Waals surface area contributed by atoms with E-state index in [9.17, 15) is 14.4 Å². The van der Waals surface area contributed by atoms with Gasteiger partial charge in [-0.15, -0.1) is 0 Å². The lowest BCUT2D eigenvalue weighted by atomic mass is 10.2. The number of nitrogens with zero attached hydrogens (tertiary/aromatic N) is 1. The molecule has 0 atom stereocenters. The summed E-state index contributed by atoms with van der Waals surface area (Å²) >= 11 is 0. The summed E-state index contributed by atoms with van der Waals surface area (Å²) in [4.78, 5) is 39.6. The fourth-order valence-electron chi connectivity index (χ4n) is 1.47. The number of nitrogens with one attached hydrogen (secondary N) is 2. The van der Waals surface area contributed by atoms with Crippen LogP contribution < -0.4 is 11.2 Å². The molecule has 0 radical (unpaired) electrons. The summed E-state index contributed by atoms with van der Waals surface area (Å²) in [6.07, 6.45) is -0.0625. The highest BCUT2D eigenvalue weighted by molar-refractivity contribution is 5.78. The van der Waals surface area contributed by atoms with E-state index in [1.165, 1.54) is 11.0 Å². The Morgan fingerprint density at radius 1 is 1.41 bits per heavy atom. The van der Waals surface area contributed by atoms with Crippen LogP contribution in [0, 0.1) is 0 Å². The predicted molar refractivity (Wildman–Crippen MR) is 60.7 cm³/mol. The highest BCUT2D eigenvalue weighted by Gasteiger charge is 2.12. The van der Waals surface area contributed by atoms with Gasteiger partial charge >= 0.3 is 5.69 Å². The van der Waals surface area contributed by atoms with Gasteiger partial charge in [-0.25, -0.2) is 4.79 Å². The van der Waals surface area contributed by atoms with Crippen LogP contribution in [0.25, 0.3) is 0 Å². The molecule has 1 aromatic rings. The van der Waals surface area contributed by atoms with E-state index in [-0.39, 0.29) is 31.2 Å². The van der Waals surface area contributed by atoms with Crippen LogP contribution in [0.3, 0.4) is 0 Å². The first-order valence-corrected chi connectivity index (χ1v) is 5.28. The molecular weight excluding hydrogens is 226 g/mol. The number of hydrogen-bond acceptors (Lipinski definition) is 4. The third-order valence-corrected chi connectivity index (χ3v) is 2.26. The first kappa shape index (κ1) is 13.2. The number of hydrogen-bond donors (Lipinski definition) is 3. The lowest BCUT2D eigenvalue weighted by Crippen LogP contribution is -2.35. The zero-order valence-corrected chi connectivity index (χ0v) is 9.52. The van der Waals surface area contributed by atoms with Crippen molar-refractivity contribution in [1.29, 1.82) is 0 Å². The molecule has 1 amide bonds. The van der Waals surface area contributed by atoms with Crippen LogP contribution in [0.15, 0.2) is 15.7 Å². The van der Waals surface area contributed by atoms with Crippen molar-refractivity contribution in [2.45, 2.75) is 13.3 Å². The zero-order valence-electron chi connectivity index (χ0n) is 9.52. The molecule has 0 fully saturated rings. The van der Waals surface area contributed by atoms with Gasteiger partial charge in [-0.1, -0.05) is 0 Å². The molecule has 0 aliphatic carbocycles. The molecule has 1 rings (SSSR count). The van der Waals surface area contributed by atoms with Crippen molar-refractivity contribution in [1.82, 2.24) is 14.9 Å². The topological polar surface area (TPSA) is 106 Å². The van der Waals surface area contributed by atoms with Crippen molar-refractivity contribution in [2.75, 3.05) is 19.7 Å². The van der Waals surface area contributed by atoms with Gasteiger partial charge in [0.1, 0.15) is 0 Å². The number of likely N-dealkylation sites (N-methyl/N-ethyl adjacent to an activating group) is 1. The van der Waals surface area contributed by atoms with Crippen LogP contribution in [0.4, 0.5) is 0 Å². The number of rotatable bonds is 5. The molecule has 1 heterocycles. The number of aliphatic hydroxyl groups is 1. The van der Waals surface area contributed by atoms with E-state index in [1.54, 1.807) is 6.92 Å². The van der Waals surface area contributed by atoms with Gasteiger partial charge in [0, 0.05) is 24.8 Å². The van der Waals surface area contributed by atoms with Crippen LogP contribution in [-0.4, -0.2) is 45.6 Å². The minimum atomic E-state index is -0.634. The number of aromatic amines is 2. The SMILES string of the molecule is CCN(CCO)C(=O)Cc1cc(=O)[nH]c(=O)[nH]1. The minimum absolute atomic E-state index is 0.0625. The second-order valence-corrected chi connectivity index (χ2v) is 3.49. The fourth-order valence-corrected chi connectivity index (χ4v) is 1.47. The molecule has 17 heavy (non-hydrogen) atoms. The van der Waals surface area contributed by atoms with E-state index in [2.05, 4.69) is 4.98 Å². The average Bonchev–Trinajstić information content (AvgIpc) is 2.24. The molecule has 94 valence electrons. The summed E-state index contributed by atoms with van der Waals surface area (Å²) in [6, 6.07) is 1.17. The summed E-state index contributed by atoms with van der Waals surface area (Å²) in [5, 5.41) is 8.76. The Balaban J connectivity index is 2.79. The lowest BCUT2D eigenvalue weighted by Gasteiger charge is -2.19. The number of aromatic nitrogens is 2. The van der Waals surface area contributed by atoms with Crippen LogP contribution in [0.1, 0.15) is 12.6 Å². The van der Waals surface area contributed by atoms with Gasteiger partial charge < -0.3 is 15.0 Å². The Hall–Kier alpha value is -1.89. The molecular formula is C10H15N3O4. The lowest BCUT2D eigenvalue weighted by molar-refractivity contribution is -0.130. The molecule has 0 aromatic carbocycles. The fraction of sp³-hybridized carbons (Fsp3) is 0.500. The maximum Gasteiger partial charge on any atom is 0.325 e. The van der Waals surface area contributed by atoms with E-state index in [0.29, 0.717) is 6.54 Å². The normalized spacial score (nSPS) is 10.2. The molecule has 0 saturated carbocycles. The molecule has 1 aromatic heterocycles. The standard InChI is InChI=1S/C10H15N3O4/c1-2-13(3-4-14)9(16)6-7-5-8(15)12-10(17)11-7/h5,14H,2-4,6H2,1H3,(H2,11,12,15,17). The maximum atomic E-state index is 11.7. The van der Waals surface area contributed by atoms with Crippen molar-refractivity contribution in [3.63, 3.8) is 0 Å². The smallest absolute Gasteiger partial charge is 0.325 e. The summed E-state index contributed by atoms with van der Waals surface area (Å²) in [5.41, 5.74) is -0.910. The molecule has 3 N–H and O–H groups in total. The number of carbonyl (C=O) groups excluding carboxylic acids is 1. The monoisotopic (exact) mass is 241 g/mol. The van der Waals surface area contributed by atoms with Crippen LogP contribution in [0.2, 0.25) is 0 Å². The van der Waals surface area contributed by atoms with E-state index in [0.717, 1.165) is 0 Å². The quantitative estimate of drug-likeness (QED) is 0.580. The molecule has 7 heteroatoms. The summed E-state index contributed by atoms with van der Waals surface area (Å²) < 4.78 is 0. The van der Waals surface area contributed by atoms with Crippen LogP contribution >= 0.6 is 0 Å². The number of aliphatic hydroxyl groups excluding tert-OH is 1. The second kappa shape index (κ2) is 6.00. The van der Waals surface area contributed by atoms with Gasteiger partial charge in [-0.2, -0.15) is 0 Å². The van der Waals surface area contributed by atoms with Crippen molar-refractivity contribution in [2.24, 2.45) is 0 Å². The van der Waals surface area contributed by atoms with Crippen molar-refractivity contribution in [3.05, 3.63) is 32.6 Å². The molecule has 0 spiro atoms. The van der Waals surface area contributed by atoms with Crippen molar-refractivity contribution in [3.8, 4) is 0 Å². The molecule has 0 bridgehead atoms. The Labute approximate surface area is 97.1 Å². The first-order chi connectivity index (χ1) is 8.06. The zero-order chi connectivity index (χ0) is 12.8. The minimum Gasteiger partial charge on any atom is -0.395 e. The predicted octanol–water partition coefficient (Wildman–Crippen LogP) is -1.55. The third kappa shape index (κ3) is 3.87. The Morgan fingerprint density at radius 2 is 2.12 bits per heavy atom. The largest absolute Gasteiger partial charge is 0.395 e. The summed E-state index contributed by atoms with van der Waals surface area (Å²) in [7, 11) is 0. The van der Waals surface area contributed by atoms with Crippen molar-refractivity contribution < 1.29 is 9.90 Å². The molecule has 0 aliphatic rings. The second-order valence-electron chi connectivity index (χ2n) is 3.49. The first-order valence-electron chi connectivity index (χ1n) is 5.28. The molecule has 7 nitrogen and oxygen atoms in total. The van der Waals surface area contributed by atoms with Gasteiger partial charge in [0.15, 0.2) is 0 Å². The van der Waals surface area contributed by atoms with E-state index >= 15 is 0 Å². The van der Waals surface area contributed by atoms with Crippen LogP contribution in [-0.2, 0) is 11.2 Å². The maximum absolute atomic E-state index is 11.7. The number of carbonyl (C=O) groups is 1. The van der Waals surface area contributed by atoms with Gasteiger partial charge in [0.2, 0.25) is 5.91 Å². The average molecular weight is 241 g/mol. The number of amides is 1. The summed E-state index contributed by atoms with van der Waals surface area (Å²) in [6.45, 7) is 2.37. The van der Waals surface area contributed by atoms with E-state index < -0.39 is 11.2 Å². The highest BCUT2D eigenvalue weighted by atomic mass is 16.3. The van der Waals surface area contributed by atoms with E-state index in [1.807, 2.05) is 4.98 Å². The Morgan fingerprint density at radius 3 is 2.65 bits per heavy atom. The Bertz CT molecular complexity index is 463. The molecule has 0 aliphatic heterocycles. The third-order valence-electron chi connectivity index (χ3n) is 2.26. The van der Waals surface area contributed by atoms with Gasteiger partial charge in [-0.3, -0.25) is 14.6 Å². The van der Waals surface area contributed by atoms with Gasteiger partial charge in [0.05, 0.1) is 13.0 Å². The van der Waals surface area contributed by atoms with Gasteiger partial charge in [-0.05, 0) is 6.92 Å². The molecule has 0 saturated heterocycles. The van der Waals surface area contributed by atoms with Crippen LogP contribution in [0.5, 0.6) is 0 Å². The highest BCUT2D eigenvalue weighted by Crippen LogP contribution is 1.96. The Kier molecular flexibility index (Phi) is 4.65. The van der Waals surface area contributed by atoms with Crippen molar-refractivity contribution >= 4 is 5.91 Å². The molecule has 0 unspecified atom stereocenters. The van der Waals surface area contributed by atoms with Gasteiger partial charge in [0.25, 0.3) is 5.56 Å². The summed E-state index contributed by atoms with van der Waals surface area (Å²) in [5.74, 6) is -0.247. The number of H-pyrrole nitrogens is 2. The van der Waals surface area contributed by atoms with E-state index in [4.69, 9.17) is 5.11 Å².